The van der Waals surface area contributed by atoms with Crippen molar-refractivity contribution in [1.82, 2.24) is 15.1 Å². The van der Waals surface area contributed by atoms with Gasteiger partial charge in [-0.25, -0.2) is 4.68 Å². The van der Waals surface area contributed by atoms with Crippen LogP contribution < -0.4 is 10.9 Å². The van der Waals surface area contributed by atoms with E-state index in [-0.39, 0.29) is 17.9 Å². The van der Waals surface area contributed by atoms with Gasteiger partial charge in [-0.05, 0) is 30.2 Å². The van der Waals surface area contributed by atoms with Gasteiger partial charge in [-0.3, -0.25) is 9.59 Å². The summed E-state index contributed by atoms with van der Waals surface area (Å²) in [5.74, 6) is -0.127. The molecule has 3 rings (SSSR count). The number of hydrogen-bond acceptors (Lipinski definition) is 3. The van der Waals surface area contributed by atoms with Gasteiger partial charge in [0.2, 0.25) is 5.91 Å². The molecule has 0 unspecified atom stereocenters. The van der Waals surface area contributed by atoms with Gasteiger partial charge in [-0.2, -0.15) is 5.10 Å². The van der Waals surface area contributed by atoms with Crippen molar-refractivity contribution in [3.63, 3.8) is 0 Å². The van der Waals surface area contributed by atoms with E-state index in [0.717, 1.165) is 10.9 Å². The number of benzene rings is 2. The molecular formula is C19H18ClN3O2. The number of rotatable bonds is 5. The minimum Gasteiger partial charge on any atom is -0.355 e. The summed E-state index contributed by atoms with van der Waals surface area (Å²) in [6, 6.07) is 14.8. The number of amides is 1. The molecule has 0 spiro atoms. The molecule has 0 aliphatic rings. The molecule has 0 fully saturated rings. The molecule has 1 N–H and O–H groups in total. The van der Waals surface area contributed by atoms with Crippen LogP contribution in [0.5, 0.6) is 0 Å². The second kappa shape index (κ2) is 7.49. The Balaban J connectivity index is 1.68. The summed E-state index contributed by atoms with van der Waals surface area (Å²) in [5, 5.41) is 9.11. The molecule has 0 aliphatic heterocycles. The van der Waals surface area contributed by atoms with E-state index in [9.17, 15) is 9.59 Å². The van der Waals surface area contributed by atoms with Crippen LogP contribution in [0.15, 0.2) is 53.3 Å². The molecule has 0 atom stereocenters. The maximum Gasteiger partial charge on any atom is 0.274 e. The molecule has 25 heavy (non-hydrogen) atoms. The first-order chi connectivity index (χ1) is 12.0. The van der Waals surface area contributed by atoms with Gasteiger partial charge in [-0.15, -0.1) is 0 Å². The zero-order valence-electron chi connectivity index (χ0n) is 13.8. The fourth-order valence-electron chi connectivity index (χ4n) is 2.76. The molecule has 1 amide bonds. The second-order valence-electron chi connectivity index (χ2n) is 5.83. The first kappa shape index (κ1) is 17.2. The van der Waals surface area contributed by atoms with E-state index in [0.29, 0.717) is 29.1 Å². The lowest BCUT2D eigenvalue weighted by Gasteiger charge is -2.09. The second-order valence-corrected chi connectivity index (χ2v) is 6.26. The third-order valence-electron chi connectivity index (χ3n) is 3.99. The highest BCUT2D eigenvalue weighted by Gasteiger charge is 2.12. The molecule has 2 aromatic carbocycles. The summed E-state index contributed by atoms with van der Waals surface area (Å²) in [7, 11) is 1.59. The average molecular weight is 356 g/mol. The Bertz CT molecular complexity index is 982. The Hall–Kier alpha value is -2.66. The highest BCUT2D eigenvalue weighted by molar-refractivity contribution is 6.30. The van der Waals surface area contributed by atoms with Crippen molar-refractivity contribution in [2.45, 2.75) is 12.8 Å². The van der Waals surface area contributed by atoms with Crippen LogP contribution in [0.3, 0.4) is 0 Å². The average Bonchev–Trinajstić information content (AvgIpc) is 2.59. The minimum absolute atomic E-state index is 0.127. The fourth-order valence-corrected chi connectivity index (χ4v) is 2.97. The third-order valence-corrected chi connectivity index (χ3v) is 4.22. The van der Waals surface area contributed by atoms with Gasteiger partial charge in [0.15, 0.2) is 0 Å². The van der Waals surface area contributed by atoms with Crippen molar-refractivity contribution in [3.8, 4) is 0 Å². The lowest BCUT2D eigenvalue weighted by molar-refractivity contribution is -0.120. The molecule has 1 aromatic heterocycles. The lowest BCUT2D eigenvalue weighted by atomic mass is 10.1. The van der Waals surface area contributed by atoms with Gasteiger partial charge < -0.3 is 5.32 Å². The van der Waals surface area contributed by atoms with E-state index in [1.165, 1.54) is 4.68 Å². The fraction of sp³-hybridized carbons (Fsp3) is 0.211. The molecule has 0 radical (unpaired) electrons. The van der Waals surface area contributed by atoms with Crippen LogP contribution in [-0.4, -0.2) is 22.2 Å². The van der Waals surface area contributed by atoms with E-state index >= 15 is 0 Å². The molecule has 5 nitrogen and oxygen atoms in total. The summed E-state index contributed by atoms with van der Waals surface area (Å²) in [4.78, 5) is 24.4. The maximum absolute atomic E-state index is 12.2. The topological polar surface area (TPSA) is 64.0 Å². The number of hydrogen-bond donors (Lipinski definition) is 1. The van der Waals surface area contributed by atoms with Crippen molar-refractivity contribution in [1.29, 1.82) is 0 Å². The van der Waals surface area contributed by atoms with Crippen LogP contribution in [0.1, 0.15) is 11.3 Å². The number of halogens is 1. The molecule has 3 aromatic rings. The number of aromatic nitrogens is 2. The van der Waals surface area contributed by atoms with Crippen LogP contribution in [0, 0.1) is 0 Å². The van der Waals surface area contributed by atoms with Crippen LogP contribution in [0.25, 0.3) is 10.8 Å². The number of carbonyl (C=O) groups excluding carboxylic acids is 1. The monoisotopic (exact) mass is 355 g/mol. The van der Waals surface area contributed by atoms with Crippen molar-refractivity contribution in [2.75, 3.05) is 6.54 Å². The number of nitrogens with one attached hydrogen (secondary N) is 1. The maximum atomic E-state index is 12.2. The number of carbonyl (C=O) groups is 1. The van der Waals surface area contributed by atoms with E-state index in [1.807, 2.05) is 36.4 Å². The normalized spacial score (nSPS) is 10.8. The van der Waals surface area contributed by atoms with Gasteiger partial charge in [0.1, 0.15) is 0 Å². The molecule has 0 aliphatic carbocycles. The quantitative estimate of drug-likeness (QED) is 0.764. The Kier molecular flexibility index (Phi) is 5.14. The minimum atomic E-state index is -0.166. The SMILES string of the molecule is Cn1nc(CC(=O)NCCc2cccc(Cl)c2)c2ccccc2c1=O. The van der Waals surface area contributed by atoms with Gasteiger partial charge >= 0.3 is 0 Å². The Labute approximate surface area is 150 Å². The van der Waals surface area contributed by atoms with Gasteiger partial charge in [0.05, 0.1) is 17.5 Å². The summed E-state index contributed by atoms with van der Waals surface area (Å²) in [5.41, 5.74) is 1.50. The van der Waals surface area contributed by atoms with E-state index in [1.54, 1.807) is 19.2 Å². The van der Waals surface area contributed by atoms with E-state index < -0.39 is 0 Å². The van der Waals surface area contributed by atoms with Crippen LogP contribution in [-0.2, 0) is 24.7 Å². The highest BCUT2D eigenvalue weighted by Crippen LogP contribution is 2.13. The summed E-state index contributed by atoms with van der Waals surface area (Å²) in [6.07, 6.45) is 0.831. The first-order valence-electron chi connectivity index (χ1n) is 8.00. The molecule has 0 saturated carbocycles. The van der Waals surface area contributed by atoms with E-state index in [4.69, 9.17) is 11.6 Å². The molecular weight excluding hydrogens is 338 g/mol. The zero-order chi connectivity index (χ0) is 17.8. The Morgan fingerprint density at radius 1 is 1.16 bits per heavy atom. The van der Waals surface area contributed by atoms with Gasteiger partial charge in [0.25, 0.3) is 5.56 Å². The number of nitrogens with zero attached hydrogens (tertiary/aromatic N) is 2. The van der Waals surface area contributed by atoms with Crippen LogP contribution in [0.2, 0.25) is 5.02 Å². The van der Waals surface area contributed by atoms with Crippen molar-refractivity contribution in [2.24, 2.45) is 7.05 Å². The van der Waals surface area contributed by atoms with Crippen LogP contribution >= 0.6 is 11.6 Å². The zero-order valence-corrected chi connectivity index (χ0v) is 14.6. The smallest absolute Gasteiger partial charge is 0.274 e. The lowest BCUT2D eigenvalue weighted by Crippen LogP contribution is -2.29. The van der Waals surface area contributed by atoms with Gasteiger partial charge in [-0.1, -0.05) is 41.9 Å². The molecule has 128 valence electrons. The van der Waals surface area contributed by atoms with Crippen molar-refractivity contribution in [3.05, 3.63) is 75.2 Å². The number of aryl methyl sites for hydroxylation is 1. The highest BCUT2D eigenvalue weighted by atomic mass is 35.5. The summed E-state index contributed by atoms with van der Waals surface area (Å²) in [6.45, 7) is 0.517. The predicted octanol–water partition coefficient (Wildman–Crippen LogP) is 2.49. The Morgan fingerprint density at radius 2 is 1.92 bits per heavy atom. The standard InChI is InChI=1S/C19H18ClN3O2/c1-23-19(25)16-8-3-2-7-15(16)17(22-23)12-18(24)21-10-9-13-5-4-6-14(20)11-13/h2-8,11H,9-10,12H2,1H3,(H,21,24). The molecule has 0 saturated heterocycles. The third kappa shape index (κ3) is 4.06. The molecule has 1 heterocycles. The van der Waals surface area contributed by atoms with E-state index in [2.05, 4.69) is 10.4 Å². The first-order valence-corrected chi connectivity index (χ1v) is 8.38. The summed E-state index contributed by atoms with van der Waals surface area (Å²) < 4.78 is 1.27. The predicted molar refractivity (Wildman–Crippen MR) is 98.9 cm³/mol. The van der Waals surface area contributed by atoms with Crippen molar-refractivity contribution >= 4 is 28.3 Å². The van der Waals surface area contributed by atoms with Crippen LogP contribution in [0.4, 0.5) is 0 Å². The Morgan fingerprint density at radius 3 is 2.68 bits per heavy atom. The molecule has 6 heteroatoms. The largest absolute Gasteiger partial charge is 0.355 e. The van der Waals surface area contributed by atoms with Gasteiger partial charge in [0, 0.05) is 24.0 Å². The number of fused-ring (bicyclic) bond motifs is 1. The van der Waals surface area contributed by atoms with Crippen molar-refractivity contribution < 1.29 is 4.79 Å². The molecule has 0 bridgehead atoms. The summed E-state index contributed by atoms with van der Waals surface area (Å²) >= 11 is 5.95.